The second-order valence-corrected chi connectivity index (χ2v) is 3.50. The second-order valence-electron chi connectivity index (χ2n) is 3.13. The van der Waals surface area contributed by atoms with Crippen molar-refractivity contribution >= 4 is 11.6 Å². The van der Waals surface area contributed by atoms with Crippen LogP contribution in [-0.4, -0.2) is 37.1 Å². The maximum absolute atomic E-state index is 9.91. The van der Waals surface area contributed by atoms with Crippen LogP contribution in [0, 0.1) is 0 Å². The summed E-state index contributed by atoms with van der Waals surface area (Å²) < 4.78 is 10.1. The van der Waals surface area contributed by atoms with Crippen molar-refractivity contribution in [2.45, 2.75) is 18.3 Å². The highest BCUT2D eigenvalue weighted by Crippen LogP contribution is 2.25. The lowest BCUT2D eigenvalue weighted by Gasteiger charge is -2.32. The Morgan fingerprint density at radius 3 is 2.79 bits per heavy atom. The third-order valence-corrected chi connectivity index (χ3v) is 2.46. The fraction of sp³-hybridized carbons (Fsp3) is 0.600. The normalized spacial score (nSPS) is 31.7. The summed E-state index contributed by atoms with van der Waals surface area (Å²) in [5, 5.41) is 9.91. The SMILES string of the molecule is COC1C=C(CCCl)C=CC1(O)OC. The van der Waals surface area contributed by atoms with Crippen LogP contribution in [0.5, 0.6) is 0 Å². The first kappa shape index (κ1) is 11.7. The second kappa shape index (κ2) is 4.94. The van der Waals surface area contributed by atoms with Crippen LogP contribution in [0.25, 0.3) is 0 Å². The Balaban J connectivity index is 2.79. The van der Waals surface area contributed by atoms with Gasteiger partial charge < -0.3 is 14.6 Å². The van der Waals surface area contributed by atoms with E-state index in [1.807, 2.05) is 6.08 Å². The van der Waals surface area contributed by atoms with Gasteiger partial charge in [0.1, 0.15) is 6.10 Å². The van der Waals surface area contributed by atoms with Gasteiger partial charge in [-0.05, 0) is 24.1 Å². The largest absolute Gasteiger partial charge is 0.371 e. The molecule has 0 saturated carbocycles. The number of aliphatic hydroxyl groups is 1. The molecule has 0 aromatic carbocycles. The zero-order valence-electron chi connectivity index (χ0n) is 8.37. The molecule has 2 atom stereocenters. The lowest BCUT2D eigenvalue weighted by atomic mass is 9.97. The van der Waals surface area contributed by atoms with Crippen molar-refractivity contribution < 1.29 is 14.6 Å². The highest BCUT2D eigenvalue weighted by atomic mass is 35.5. The van der Waals surface area contributed by atoms with Crippen LogP contribution in [-0.2, 0) is 9.47 Å². The molecule has 0 amide bonds. The van der Waals surface area contributed by atoms with Crippen LogP contribution >= 0.6 is 11.6 Å². The van der Waals surface area contributed by atoms with Gasteiger partial charge in [-0.25, -0.2) is 0 Å². The fourth-order valence-corrected chi connectivity index (χ4v) is 1.61. The highest BCUT2D eigenvalue weighted by Gasteiger charge is 2.35. The topological polar surface area (TPSA) is 38.7 Å². The van der Waals surface area contributed by atoms with Gasteiger partial charge in [-0.3, -0.25) is 0 Å². The van der Waals surface area contributed by atoms with E-state index in [0.29, 0.717) is 5.88 Å². The minimum atomic E-state index is -1.36. The molecule has 0 bridgehead atoms. The summed E-state index contributed by atoms with van der Waals surface area (Å²) in [6.07, 6.45) is 5.50. The number of alkyl halides is 1. The van der Waals surface area contributed by atoms with Crippen LogP contribution in [0.4, 0.5) is 0 Å². The van der Waals surface area contributed by atoms with Gasteiger partial charge in [-0.15, -0.1) is 11.6 Å². The minimum absolute atomic E-state index is 0.476. The van der Waals surface area contributed by atoms with E-state index < -0.39 is 11.9 Å². The zero-order chi connectivity index (χ0) is 10.6. The molecule has 0 heterocycles. The summed E-state index contributed by atoms with van der Waals surface area (Å²) >= 11 is 5.62. The predicted octanol–water partition coefficient (Wildman–Crippen LogP) is 1.46. The van der Waals surface area contributed by atoms with Gasteiger partial charge in [-0.1, -0.05) is 6.08 Å². The number of rotatable bonds is 4. The van der Waals surface area contributed by atoms with Crippen molar-refractivity contribution in [2.24, 2.45) is 0 Å². The summed E-state index contributed by atoms with van der Waals surface area (Å²) in [4.78, 5) is 0. The molecule has 0 aromatic heterocycles. The number of methoxy groups -OCH3 is 2. The van der Waals surface area contributed by atoms with E-state index >= 15 is 0 Å². The Labute approximate surface area is 89.0 Å². The zero-order valence-corrected chi connectivity index (χ0v) is 9.12. The van der Waals surface area contributed by atoms with Gasteiger partial charge in [0, 0.05) is 20.1 Å². The Hall–Kier alpha value is -0.350. The first-order chi connectivity index (χ1) is 6.66. The van der Waals surface area contributed by atoms with Crippen molar-refractivity contribution in [1.82, 2.24) is 0 Å². The molecule has 1 aliphatic rings. The van der Waals surface area contributed by atoms with Crippen LogP contribution in [0.2, 0.25) is 0 Å². The maximum Gasteiger partial charge on any atom is 0.216 e. The van der Waals surface area contributed by atoms with Gasteiger partial charge in [0.15, 0.2) is 0 Å². The minimum Gasteiger partial charge on any atom is -0.371 e. The maximum atomic E-state index is 9.91. The molecule has 1 rings (SSSR count). The lowest BCUT2D eigenvalue weighted by Crippen LogP contribution is -2.43. The molecule has 2 unspecified atom stereocenters. The molecule has 0 saturated heterocycles. The smallest absolute Gasteiger partial charge is 0.216 e. The average Bonchev–Trinajstić information content (AvgIpc) is 2.21. The van der Waals surface area contributed by atoms with Crippen LogP contribution < -0.4 is 0 Å². The number of halogens is 1. The first-order valence-corrected chi connectivity index (χ1v) is 4.96. The molecule has 0 fully saturated rings. The molecular formula is C10H15ClO3. The molecule has 3 nitrogen and oxygen atoms in total. The molecule has 0 radical (unpaired) electrons. The quantitative estimate of drug-likeness (QED) is 0.574. The molecular weight excluding hydrogens is 204 g/mol. The first-order valence-electron chi connectivity index (χ1n) is 4.42. The summed E-state index contributed by atoms with van der Waals surface area (Å²) in [6.45, 7) is 0. The Morgan fingerprint density at radius 1 is 1.57 bits per heavy atom. The van der Waals surface area contributed by atoms with Crippen molar-refractivity contribution in [3.05, 3.63) is 23.8 Å². The summed E-state index contributed by atoms with van der Waals surface area (Å²) in [5.41, 5.74) is 1.05. The number of ether oxygens (including phenoxy) is 2. The van der Waals surface area contributed by atoms with E-state index in [1.54, 1.807) is 12.2 Å². The number of hydrogen-bond donors (Lipinski definition) is 1. The molecule has 1 N–H and O–H groups in total. The standard InChI is InChI=1S/C10H15ClO3/c1-13-9-7-8(4-6-11)3-5-10(9,12)14-2/h3,5,7,9,12H,4,6H2,1-2H3. The molecule has 4 heteroatoms. The summed E-state index contributed by atoms with van der Waals surface area (Å²) in [5.74, 6) is -0.803. The molecule has 0 aliphatic heterocycles. The van der Waals surface area contributed by atoms with Crippen LogP contribution in [0.3, 0.4) is 0 Å². The third kappa shape index (κ3) is 2.36. The Kier molecular flexibility index (Phi) is 4.13. The highest BCUT2D eigenvalue weighted by molar-refractivity contribution is 6.18. The monoisotopic (exact) mass is 218 g/mol. The molecule has 0 aromatic rings. The predicted molar refractivity (Wildman–Crippen MR) is 55.3 cm³/mol. The van der Waals surface area contributed by atoms with Gasteiger partial charge >= 0.3 is 0 Å². The van der Waals surface area contributed by atoms with Crippen molar-refractivity contribution in [2.75, 3.05) is 20.1 Å². The van der Waals surface area contributed by atoms with E-state index in [4.69, 9.17) is 21.1 Å². The van der Waals surface area contributed by atoms with Crippen LogP contribution in [0.1, 0.15) is 6.42 Å². The number of hydrogen-bond acceptors (Lipinski definition) is 3. The Bertz CT molecular complexity index is 250. The van der Waals surface area contributed by atoms with Crippen molar-refractivity contribution in [3.8, 4) is 0 Å². The third-order valence-electron chi connectivity index (χ3n) is 2.27. The van der Waals surface area contributed by atoms with Gasteiger partial charge in [0.25, 0.3) is 0 Å². The van der Waals surface area contributed by atoms with Gasteiger partial charge in [0.2, 0.25) is 5.79 Å². The van der Waals surface area contributed by atoms with E-state index in [2.05, 4.69) is 0 Å². The van der Waals surface area contributed by atoms with Crippen molar-refractivity contribution in [1.29, 1.82) is 0 Å². The lowest BCUT2D eigenvalue weighted by molar-refractivity contribution is -0.203. The van der Waals surface area contributed by atoms with E-state index in [1.165, 1.54) is 14.2 Å². The molecule has 1 aliphatic carbocycles. The van der Waals surface area contributed by atoms with Crippen LogP contribution in [0.15, 0.2) is 23.8 Å². The van der Waals surface area contributed by atoms with Gasteiger partial charge in [-0.2, -0.15) is 0 Å². The average molecular weight is 219 g/mol. The molecule has 0 spiro atoms. The Morgan fingerprint density at radius 2 is 2.29 bits per heavy atom. The molecule has 14 heavy (non-hydrogen) atoms. The van der Waals surface area contributed by atoms with E-state index in [-0.39, 0.29) is 0 Å². The molecule has 80 valence electrons. The van der Waals surface area contributed by atoms with E-state index in [0.717, 1.165) is 12.0 Å². The number of allylic oxidation sites excluding steroid dienone is 2. The van der Waals surface area contributed by atoms with Crippen molar-refractivity contribution in [3.63, 3.8) is 0 Å². The summed E-state index contributed by atoms with van der Waals surface area (Å²) in [6, 6.07) is 0. The van der Waals surface area contributed by atoms with Gasteiger partial charge in [0.05, 0.1) is 0 Å². The summed E-state index contributed by atoms with van der Waals surface area (Å²) in [7, 11) is 2.97. The fourth-order valence-electron chi connectivity index (χ4n) is 1.39. The van der Waals surface area contributed by atoms with E-state index in [9.17, 15) is 5.11 Å².